The Morgan fingerprint density at radius 1 is 0.744 bits per heavy atom. The van der Waals surface area contributed by atoms with Gasteiger partial charge in [0.1, 0.15) is 17.3 Å². The van der Waals surface area contributed by atoms with Crippen molar-refractivity contribution in [3.63, 3.8) is 0 Å². The van der Waals surface area contributed by atoms with Gasteiger partial charge in [0.15, 0.2) is 0 Å². The van der Waals surface area contributed by atoms with Crippen LogP contribution in [-0.4, -0.2) is 26.8 Å². The van der Waals surface area contributed by atoms with Gasteiger partial charge in [0.2, 0.25) is 0 Å². The van der Waals surface area contributed by atoms with Gasteiger partial charge in [-0.3, -0.25) is 14.6 Å². The van der Waals surface area contributed by atoms with Crippen LogP contribution in [-0.2, 0) is 0 Å². The molecule has 2 amide bonds. The Bertz CT molecular complexity index is 1590. The van der Waals surface area contributed by atoms with Crippen molar-refractivity contribution in [3.05, 3.63) is 139 Å². The first-order valence-electron chi connectivity index (χ1n) is 11.9. The summed E-state index contributed by atoms with van der Waals surface area (Å²) in [5.41, 5.74) is 3.50. The van der Waals surface area contributed by atoms with E-state index in [4.69, 9.17) is 0 Å². The molecule has 192 valence electrons. The number of rotatable bonds is 6. The van der Waals surface area contributed by atoms with Crippen molar-refractivity contribution in [1.29, 1.82) is 0 Å². The molecule has 2 aromatic heterocycles. The van der Waals surface area contributed by atoms with Gasteiger partial charge < -0.3 is 21.3 Å². The Labute approximate surface area is 223 Å². The lowest BCUT2D eigenvalue weighted by atomic mass is 9.87. The van der Waals surface area contributed by atoms with Crippen LogP contribution in [0.4, 0.5) is 15.9 Å². The average molecular weight is 520 g/mol. The quantitative estimate of drug-likeness (QED) is 0.377. The van der Waals surface area contributed by atoms with Gasteiger partial charge in [0, 0.05) is 59.6 Å². The van der Waals surface area contributed by atoms with E-state index >= 15 is 0 Å². The van der Waals surface area contributed by atoms with Gasteiger partial charge in [-0.15, -0.1) is 0 Å². The maximum atomic E-state index is 13.6. The van der Waals surface area contributed by atoms with Gasteiger partial charge in [-0.05, 0) is 59.7 Å². The number of carbonyl (C=O) groups is 2. The first-order valence-corrected chi connectivity index (χ1v) is 11.9. The second kappa shape index (κ2) is 11.6. The Kier molecular flexibility index (Phi) is 7.45. The highest BCUT2D eigenvalue weighted by atomic mass is 19.1. The molecule has 2 aliphatic heterocycles. The summed E-state index contributed by atoms with van der Waals surface area (Å²) in [5, 5.41) is 11.7. The van der Waals surface area contributed by atoms with Crippen LogP contribution in [0, 0.1) is 5.82 Å². The van der Waals surface area contributed by atoms with Crippen LogP contribution in [0.15, 0.2) is 110 Å². The zero-order valence-electron chi connectivity index (χ0n) is 20.4. The van der Waals surface area contributed by atoms with Gasteiger partial charge >= 0.3 is 0 Å². The Morgan fingerprint density at radius 3 is 2.15 bits per heavy atom. The molecule has 10 heteroatoms. The van der Waals surface area contributed by atoms with Crippen LogP contribution in [0.2, 0.25) is 0 Å². The summed E-state index contributed by atoms with van der Waals surface area (Å²) < 4.78 is 13.4. The molecular formula is C29H22FN7O2. The SMILES string of the molecule is O=C(Nc1ccc(C(=O)Nc2ccc(F)cn2)c(C2=CC=CNC=C2)c1C1=CC=CNC=C1)c1cnccn1. The van der Waals surface area contributed by atoms with Gasteiger partial charge in [0.05, 0.1) is 12.4 Å². The molecule has 0 bridgehead atoms. The molecule has 5 rings (SSSR count). The number of amides is 2. The number of carbonyl (C=O) groups excluding carboxylic acids is 2. The van der Waals surface area contributed by atoms with E-state index in [1.807, 2.05) is 36.5 Å². The van der Waals surface area contributed by atoms with Crippen molar-refractivity contribution in [2.75, 3.05) is 10.6 Å². The fraction of sp³-hybridized carbons (Fsp3) is 0. The van der Waals surface area contributed by atoms with Crippen LogP contribution in [0.5, 0.6) is 0 Å². The monoisotopic (exact) mass is 519 g/mol. The summed E-state index contributed by atoms with van der Waals surface area (Å²) in [7, 11) is 0. The standard InChI is InChI=1S/C29H22FN7O2/c30-21-5-8-25(35-17-21)37-28(38)22-6-7-23(36-29(39)24-18-33-15-16-34-24)27(20-4-2-12-32-14-10-20)26(22)19-3-1-11-31-13-9-19/h1-18,31-32H,(H,36,39)(H,35,37,38). The van der Waals surface area contributed by atoms with Gasteiger partial charge in [0.25, 0.3) is 11.8 Å². The Hall–Kier alpha value is -5.64. The van der Waals surface area contributed by atoms with Crippen LogP contribution in [0.1, 0.15) is 32.0 Å². The van der Waals surface area contributed by atoms with Crippen molar-refractivity contribution < 1.29 is 14.0 Å². The third kappa shape index (κ3) is 5.86. The summed E-state index contributed by atoms with van der Waals surface area (Å²) in [5.74, 6) is -1.23. The minimum atomic E-state index is -0.513. The summed E-state index contributed by atoms with van der Waals surface area (Å²) >= 11 is 0. The third-order valence-electron chi connectivity index (χ3n) is 5.70. The lowest BCUT2D eigenvalue weighted by Gasteiger charge is -2.21. The number of pyridine rings is 1. The Morgan fingerprint density at radius 2 is 1.49 bits per heavy atom. The van der Waals surface area contributed by atoms with Crippen LogP contribution in [0.25, 0.3) is 11.1 Å². The molecule has 0 radical (unpaired) electrons. The fourth-order valence-electron chi connectivity index (χ4n) is 3.98. The number of aromatic nitrogens is 3. The molecule has 1 aromatic carbocycles. The molecule has 4 N–H and O–H groups in total. The van der Waals surface area contributed by atoms with Crippen LogP contribution in [0.3, 0.4) is 0 Å². The van der Waals surface area contributed by atoms with E-state index in [1.165, 1.54) is 30.7 Å². The van der Waals surface area contributed by atoms with Crippen molar-refractivity contribution >= 4 is 34.5 Å². The Balaban J connectivity index is 1.69. The molecular weight excluding hydrogens is 497 g/mol. The zero-order valence-corrected chi connectivity index (χ0v) is 20.4. The summed E-state index contributed by atoms with van der Waals surface area (Å²) in [6.07, 6.45) is 23.3. The van der Waals surface area contributed by atoms with Crippen LogP contribution < -0.4 is 21.3 Å². The molecule has 3 aromatic rings. The summed E-state index contributed by atoms with van der Waals surface area (Å²) in [6.45, 7) is 0. The highest BCUT2D eigenvalue weighted by Crippen LogP contribution is 2.37. The molecule has 39 heavy (non-hydrogen) atoms. The van der Waals surface area contributed by atoms with Crippen molar-refractivity contribution in [2.24, 2.45) is 0 Å². The smallest absolute Gasteiger partial charge is 0.275 e. The molecule has 0 unspecified atom stereocenters. The lowest BCUT2D eigenvalue weighted by Crippen LogP contribution is -2.19. The van der Waals surface area contributed by atoms with E-state index < -0.39 is 17.6 Å². The number of nitrogens with one attached hydrogen (secondary N) is 4. The number of hydrogen-bond donors (Lipinski definition) is 4. The second-order valence-corrected chi connectivity index (χ2v) is 8.23. The van der Waals surface area contributed by atoms with Gasteiger partial charge in [-0.1, -0.05) is 12.2 Å². The molecule has 0 fully saturated rings. The van der Waals surface area contributed by atoms with E-state index in [9.17, 15) is 14.0 Å². The lowest BCUT2D eigenvalue weighted by molar-refractivity contribution is 0.101. The highest BCUT2D eigenvalue weighted by molar-refractivity contribution is 6.12. The van der Waals surface area contributed by atoms with E-state index in [2.05, 4.69) is 36.2 Å². The molecule has 0 aliphatic carbocycles. The summed E-state index contributed by atoms with van der Waals surface area (Å²) in [6, 6.07) is 5.88. The predicted octanol–water partition coefficient (Wildman–Crippen LogP) is 4.54. The number of benzene rings is 1. The van der Waals surface area contributed by atoms with E-state index in [0.717, 1.165) is 11.8 Å². The zero-order chi connectivity index (χ0) is 27.0. The highest BCUT2D eigenvalue weighted by Gasteiger charge is 2.24. The van der Waals surface area contributed by atoms with E-state index in [1.54, 1.807) is 36.9 Å². The first kappa shape index (κ1) is 25.0. The normalized spacial score (nSPS) is 13.8. The van der Waals surface area contributed by atoms with Crippen molar-refractivity contribution in [3.8, 4) is 0 Å². The maximum Gasteiger partial charge on any atom is 0.275 e. The molecule has 0 saturated carbocycles. The van der Waals surface area contributed by atoms with Crippen LogP contribution >= 0.6 is 0 Å². The first-order chi connectivity index (χ1) is 19.1. The molecule has 2 aliphatic rings. The van der Waals surface area contributed by atoms with Crippen molar-refractivity contribution in [1.82, 2.24) is 25.6 Å². The molecule has 0 saturated heterocycles. The molecule has 4 heterocycles. The second-order valence-electron chi connectivity index (χ2n) is 8.23. The maximum absolute atomic E-state index is 13.6. The number of allylic oxidation sites excluding steroid dienone is 8. The molecule has 0 atom stereocenters. The summed E-state index contributed by atoms with van der Waals surface area (Å²) in [4.78, 5) is 38.7. The number of hydrogen-bond acceptors (Lipinski definition) is 7. The van der Waals surface area contributed by atoms with Gasteiger partial charge in [-0.2, -0.15) is 0 Å². The minimum absolute atomic E-state index is 0.141. The largest absolute Gasteiger partial charge is 0.368 e. The topological polar surface area (TPSA) is 121 Å². The van der Waals surface area contributed by atoms with Crippen molar-refractivity contribution in [2.45, 2.75) is 0 Å². The number of nitrogens with zero attached hydrogens (tertiary/aromatic N) is 3. The predicted molar refractivity (Wildman–Crippen MR) is 147 cm³/mol. The minimum Gasteiger partial charge on any atom is -0.368 e. The average Bonchev–Trinajstić information content (AvgIpc) is 3.40. The molecule has 9 nitrogen and oxygen atoms in total. The van der Waals surface area contributed by atoms with Gasteiger partial charge in [-0.25, -0.2) is 14.4 Å². The number of anilines is 2. The number of halogens is 1. The van der Waals surface area contributed by atoms with E-state index in [-0.39, 0.29) is 11.5 Å². The fourth-order valence-corrected chi connectivity index (χ4v) is 3.98. The molecule has 0 spiro atoms. The third-order valence-corrected chi connectivity index (χ3v) is 5.70. The van der Waals surface area contributed by atoms with E-state index in [0.29, 0.717) is 28.0 Å².